The van der Waals surface area contributed by atoms with E-state index in [1.807, 2.05) is 0 Å². The Bertz CT molecular complexity index is 637. The average molecular weight is 315 g/mol. The lowest BCUT2D eigenvalue weighted by Crippen LogP contribution is -2.20. The van der Waals surface area contributed by atoms with Crippen LogP contribution in [0.1, 0.15) is 11.1 Å². The number of ether oxygens (including phenoxy) is 1. The normalized spacial score (nSPS) is 12.0. The summed E-state index contributed by atoms with van der Waals surface area (Å²) in [5.41, 5.74) is 4.21. The smallest absolute Gasteiger partial charge is 0.404 e. The van der Waals surface area contributed by atoms with E-state index in [9.17, 15) is 21.6 Å². The van der Waals surface area contributed by atoms with Gasteiger partial charge in [-0.25, -0.2) is 8.42 Å². The molecule has 0 aliphatic heterocycles. The highest BCUT2D eigenvalue weighted by atomic mass is 35.7. The van der Waals surface area contributed by atoms with Gasteiger partial charge in [-0.05, 0) is 6.07 Å². The fourth-order valence-electron chi connectivity index (χ4n) is 1.31. The van der Waals surface area contributed by atoms with E-state index in [1.54, 1.807) is 0 Å². The summed E-state index contributed by atoms with van der Waals surface area (Å²) in [4.78, 5) is -0.770. The summed E-state index contributed by atoms with van der Waals surface area (Å²) < 4.78 is 62.8. The maximum atomic E-state index is 12.2. The van der Waals surface area contributed by atoms with Crippen molar-refractivity contribution in [2.24, 2.45) is 5.73 Å². The highest BCUT2D eigenvalue weighted by Gasteiger charge is 2.35. The third-order valence-electron chi connectivity index (χ3n) is 2.01. The molecule has 0 aliphatic rings. The molecule has 2 N–H and O–H groups in total. The second kappa shape index (κ2) is 5.24. The lowest BCUT2D eigenvalue weighted by atomic mass is 10.1. The standard InChI is InChI=1S/C9H6ClF3N2O3S/c10-19(16,17)7-2-1-5(3-14)8(6(7)4-15)18-9(11,12)13/h1-2H,3,14H2. The van der Waals surface area contributed by atoms with Crippen LogP contribution in [0.25, 0.3) is 0 Å². The van der Waals surface area contributed by atoms with Crippen molar-refractivity contribution in [1.29, 1.82) is 5.26 Å². The van der Waals surface area contributed by atoms with Crippen LogP contribution in [-0.4, -0.2) is 14.8 Å². The first-order valence-corrected chi connectivity index (χ1v) is 6.87. The third-order valence-corrected chi connectivity index (χ3v) is 3.38. The van der Waals surface area contributed by atoms with E-state index in [2.05, 4.69) is 4.74 Å². The van der Waals surface area contributed by atoms with Crippen LogP contribution in [-0.2, 0) is 15.6 Å². The number of nitrogens with zero attached hydrogens (tertiary/aromatic N) is 1. The first-order valence-electron chi connectivity index (χ1n) is 4.56. The summed E-state index contributed by atoms with van der Waals surface area (Å²) in [5.74, 6) is -0.959. The van der Waals surface area contributed by atoms with Gasteiger partial charge in [-0.1, -0.05) is 6.07 Å². The van der Waals surface area contributed by atoms with Crippen LogP contribution in [0, 0.1) is 11.3 Å². The Morgan fingerprint density at radius 2 is 2.00 bits per heavy atom. The SMILES string of the molecule is N#Cc1c(S(=O)(=O)Cl)ccc(CN)c1OC(F)(F)F. The molecule has 0 saturated heterocycles. The largest absolute Gasteiger partial charge is 0.573 e. The van der Waals surface area contributed by atoms with E-state index in [0.29, 0.717) is 0 Å². The van der Waals surface area contributed by atoms with Crippen LogP contribution >= 0.6 is 10.7 Å². The minimum atomic E-state index is -5.09. The molecule has 0 atom stereocenters. The quantitative estimate of drug-likeness (QED) is 0.859. The summed E-state index contributed by atoms with van der Waals surface area (Å²) in [6.07, 6.45) is -5.09. The molecule has 0 saturated carbocycles. The van der Waals surface area contributed by atoms with Gasteiger partial charge in [0.15, 0.2) is 5.75 Å². The van der Waals surface area contributed by atoms with E-state index in [0.717, 1.165) is 12.1 Å². The molecule has 0 bridgehead atoms. The molecular formula is C9H6ClF3N2O3S. The Balaban J connectivity index is 3.62. The van der Waals surface area contributed by atoms with Crippen molar-refractivity contribution in [3.8, 4) is 11.8 Å². The lowest BCUT2D eigenvalue weighted by molar-refractivity contribution is -0.275. The van der Waals surface area contributed by atoms with Gasteiger partial charge >= 0.3 is 6.36 Å². The molecule has 0 fully saturated rings. The lowest BCUT2D eigenvalue weighted by Gasteiger charge is -2.15. The molecular weight excluding hydrogens is 309 g/mol. The molecule has 0 amide bonds. The van der Waals surface area contributed by atoms with Crippen molar-refractivity contribution in [1.82, 2.24) is 0 Å². The topological polar surface area (TPSA) is 93.2 Å². The van der Waals surface area contributed by atoms with Crippen LogP contribution < -0.4 is 10.5 Å². The molecule has 0 unspecified atom stereocenters. The second-order valence-electron chi connectivity index (χ2n) is 3.23. The minimum absolute atomic E-state index is 0.169. The monoisotopic (exact) mass is 314 g/mol. The predicted molar refractivity (Wildman–Crippen MR) is 58.8 cm³/mol. The number of nitriles is 1. The van der Waals surface area contributed by atoms with Gasteiger partial charge in [0, 0.05) is 22.8 Å². The van der Waals surface area contributed by atoms with Gasteiger partial charge in [-0.2, -0.15) is 5.26 Å². The minimum Gasteiger partial charge on any atom is -0.404 e. The van der Waals surface area contributed by atoms with Crippen molar-refractivity contribution in [2.75, 3.05) is 0 Å². The highest BCUT2D eigenvalue weighted by molar-refractivity contribution is 8.13. The summed E-state index contributed by atoms with van der Waals surface area (Å²) in [6.45, 7) is -0.372. The van der Waals surface area contributed by atoms with Crippen LogP contribution in [0.5, 0.6) is 5.75 Å². The molecule has 10 heteroatoms. The van der Waals surface area contributed by atoms with Gasteiger partial charge in [0.2, 0.25) is 0 Å². The maximum Gasteiger partial charge on any atom is 0.573 e. The molecule has 1 aromatic carbocycles. The molecule has 19 heavy (non-hydrogen) atoms. The second-order valence-corrected chi connectivity index (χ2v) is 5.76. The van der Waals surface area contributed by atoms with Gasteiger partial charge in [0.25, 0.3) is 9.05 Å². The number of halogens is 4. The predicted octanol–water partition coefficient (Wildman–Crippen LogP) is 1.84. The zero-order valence-electron chi connectivity index (χ0n) is 9.03. The molecule has 1 rings (SSSR count). The van der Waals surface area contributed by atoms with Crippen molar-refractivity contribution in [2.45, 2.75) is 17.8 Å². The molecule has 0 aromatic heterocycles. The Labute approximate surface area is 110 Å². The van der Waals surface area contributed by atoms with E-state index in [-0.39, 0.29) is 12.1 Å². The van der Waals surface area contributed by atoms with E-state index < -0.39 is 31.6 Å². The van der Waals surface area contributed by atoms with Crippen LogP contribution in [0.4, 0.5) is 13.2 Å². The number of rotatable bonds is 3. The molecule has 0 aliphatic carbocycles. The van der Waals surface area contributed by atoms with Crippen molar-refractivity contribution >= 4 is 19.7 Å². The summed E-state index contributed by atoms with van der Waals surface area (Å²) in [5, 5.41) is 8.82. The maximum absolute atomic E-state index is 12.2. The van der Waals surface area contributed by atoms with E-state index in [4.69, 9.17) is 21.7 Å². The zero-order valence-corrected chi connectivity index (χ0v) is 10.6. The number of hydrogen-bond donors (Lipinski definition) is 1. The fourth-order valence-corrected chi connectivity index (χ4v) is 2.31. The molecule has 104 valence electrons. The van der Waals surface area contributed by atoms with Gasteiger partial charge in [0.05, 0.1) is 0 Å². The Morgan fingerprint density at radius 1 is 1.42 bits per heavy atom. The zero-order chi connectivity index (χ0) is 14.8. The van der Waals surface area contributed by atoms with E-state index >= 15 is 0 Å². The van der Waals surface area contributed by atoms with Gasteiger partial charge in [0.1, 0.15) is 16.5 Å². The fraction of sp³-hybridized carbons (Fsp3) is 0.222. The summed E-state index contributed by atoms with van der Waals surface area (Å²) in [6, 6.07) is 3.22. The number of alkyl halides is 3. The van der Waals surface area contributed by atoms with Gasteiger partial charge in [-0.15, -0.1) is 13.2 Å². The van der Waals surface area contributed by atoms with E-state index in [1.165, 1.54) is 6.07 Å². The number of nitrogens with two attached hydrogens (primary N) is 1. The molecule has 0 heterocycles. The Morgan fingerprint density at radius 3 is 2.37 bits per heavy atom. The van der Waals surface area contributed by atoms with Crippen molar-refractivity contribution in [3.05, 3.63) is 23.3 Å². The van der Waals surface area contributed by atoms with Crippen LogP contribution in [0.2, 0.25) is 0 Å². The Hall–Kier alpha value is -1.50. The van der Waals surface area contributed by atoms with Gasteiger partial charge in [-0.3, -0.25) is 0 Å². The first-order chi connectivity index (χ1) is 8.60. The number of hydrogen-bond acceptors (Lipinski definition) is 5. The summed E-state index contributed by atoms with van der Waals surface area (Å²) in [7, 11) is 0.647. The number of benzene rings is 1. The third kappa shape index (κ3) is 3.73. The van der Waals surface area contributed by atoms with Crippen molar-refractivity contribution in [3.63, 3.8) is 0 Å². The van der Waals surface area contributed by atoms with Crippen LogP contribution in [0.3, 0.4) is 0 Å². The molecule has 1 aromatic rings. The molecule has 5 nitrogen and oxygen atoms in total. The molecule has 0 spiro atoms. The Kier molecular flexibility index (Phi) is 4.29. The first kappa shape index (κ1) is 15.6. The average Bonchev–Trinajstić information content (AvgIpc) is 2.25. The highest BCUT2D eigenvalue weighted by Crippen LogP contribution is 2.34. The van der Waals surface area contributed by atoms with Crippen molar-refractivity contribution < 1.29 is 26.3 Å². The van der Waals surface area contributed by atoms with Gasteiger partial charge < -0.3 is 10.5 Å². The van der Waals surface area contributed by atoms with Crippen LogP contribution in [0.15, 0.2) is 17.0 Å². The summed E-state index contributed by atoms with van der Waals surface area (Å²) >= 11 is 0. The molecule has 0 radical (unpaired) electrons.